The van der Waals surface area contributed by atoms with Gasteiger partial charge >= 0.3 is 17.1 Å². The SMILES string of the molecule is COCCOCCOCCO.[CH-]1CCCC2C3NC(NC4NC(NC5NC(NC6NC(N3)C3CCCCC63)C3CCCCC53)C3CCCCC43)C12.[Cu+]. The van der Waals surface area contributed by atoms with Crippen molar-refractivity contribution in [2.24, 2.45) is 47.3 Å². The van der Waals surface area contributed by atoms with Crippen molar-refractivity contribution in [3.8, 4) is 0 Å². The number of rotatable bonds is 8. The standard InChI is InChI=1S/C32H55N8.C7H16O4.Cu/c1-2-10-18-17(9-1)25-33-26(18)38-28-21-13-5-6-14-22(21)30(35-28)40-32-24-16-8-7-15-23(24)31(36-32)39-29-20-12-4-3-11-19(20)27(34-29)37-25;1-9-4-5-11-7-6-10-3-2-8;/h9,17-40H,1-8,10-16H2;8H,2-7H2,1H3;/q-1;;+1. The molecule has 16 unspecified atom stereocenters. The third-order valence-corrected chi connectivity index (χ3v) is 14.6. The van der Waals surface area contributed by atoms with Crippen LogP contribution in [0.15, 0.2) is 0 Å². The maximum absolute atomic E-state index is 8.32. The maximum Gasteiger partial charge on any atom is 1.00 e. The minimum absolute atomic E-state index is 0. The molecule has 0 aromatic heterocycles. The molecule has 0 amide bonds. The molecule has 0 aromatic carbocycles. The molecule has 12 nitrogen and oxygen atoms in total. The van der Waals surface area contributed by atoms with Gasteiger partial charge in [0.2, 0.25) is 0 Å². The third kappa shape index (κ3) is 8.94. The second-order valence-electron chi connectivity index (χ2n) is 17.3. The molecule has 13 heteroatoms. The van der Waals surface area contributed by atoms with E-state index < -0.39 is 0 Å². The van der Waals surface area contributed by atoms with Crippen molar-refractivity contribution in [2.45, 2.75) is 146 Å². The first-order valence-electron chi connectivity index (χ1n) is 21.4. The van der Waals surface area contributed by atoms with E-state index in [4.69, 9.17) is 19.3 Å². The van der Waals surface area contributed by atoms with Gasteiger partial charge in [0.1, 0.15) is 0 Å². The largest absolute Gasteiger partial charge is 1.00 e. The van der Waals surface area contributed by atoms with E-state index in [0.29, 0.717) is 94.2 Å². The fraction of sp³-hybridized carbons (Fsp3) is 0.974. The van der Waals surface area contributed by atoms with E-state index in [2.05, 4.69) is 49.0 Å². The summed E-state index contributed by atoms with van der Waals surface area (Å²) in [6.45, 7) is 2.75. The number of nitrogens with one attached hydrogen (secondary N) is 8. The molecule has 5 aliphatic heterocycles. The normalized spacial score (nSPS) is 46.5. The first kappa shape index (κ1) is 40.2. The summed E-state index contributed by atoms with van der Waals surface area (Å²) in [7, 11) is 1.63. The van der Waals surface area contributed by atoms with E-state index in [1.807, 2.05) is 0 Å². The van der Waals surface area contributed by atoms with Crippen LogP contribution in [0, 0.1) is 53.8 Å². The van der Waals surface area contributed by atoms with Crippen LogP contribution in [0.5, 0.6) is 0 Å². The van der Waals surface area contributed by atoms with Crippen LogP contribution in [0.25, 0.3) is 0 Å². The van der Waals surface area contributed by atoms with Crippen LogP contribution < -0.4 is 42.5 Å². The number of aliphatic hydroxyl groups is 1. The fourth-order valence-corrected chi connectivity index (χ4v) is 12.3. The molecule has 8 bridgehead atoms. The number of methoxy groups -OCH3 is 1. The van der Waals surface area contributed by atoms with Crippen molar-refractivity contribution in [2.75, 3.05) is 46.8 Å². The van der Waals surface area contributed by atoms with Gasteiger partial charge in [-0.1, -0.05) is 51.4 Å². The smallest absolute Gasteiger partial charge is 0.394 e. The predicted octanol–water partition coefficient (Wildman–Crippen LogP) is 2.08. The van der Waals surface area contributed by atoms with Crippen LogP contribution in [-0.4, -0.2) is 101 Å². The summed E-state index contributed by atoms with van der Waals surface area (Å²) in [6.07, 6.45) is 26.4. The molecule has 5 heterocycles. The van der Waals surface area contributed by atoms with Crippen LogP contribution in [0.2, 0.25) is 0 Å². The van der Waals surface area contributed by atoms with Crippen LogP contribution >= 0.6 is 0 Å². The summed E-state index contributed by atoms with van der Waals surface area (Å²) in [5.74, 6) is 5.74. The molecule has 4 aliphatic carbocycles. The van der Waals surface area contributed by atoms with Crippen LogP contribution in [-0.2, 0) is 31.3 Å². The first-order valence-corrected chi connectivity index (χ1v) is 21.4. The van der Waals surface area contributed by atoms with E-state index in [1.54, 1.807) is 7.11 Å². The molecule has 9 aliphatic rings. The van der Waals surface area contributed by atoms with E-state index in [1.165, 1.54) is 96.3 Å². The van der Waals surface area contributed by atoms with Gasteiger partial charge in [0, 0.05) is 13.3 Å². The maximum atomic E-state index is 8.32. The van der Waals surface area contributed by atoms with Crippen molar-refractivity contribution in [3.63, 3.8) is 0 Å². The molecule has 9 rings (SSSR count). The zero-order valence-electron chi connectivity index (χ0n) is 31.6. The number of aliphatic hydroxyl groups excluding tert-OH is 1. The molecule has 0 aromatic rings. The molecular formula is C39H71CuN8O4. The Morgan fingerprint density at radius 3 is 1.15 bits per heavy atom. The molecule has 0 radical (unpaired) electrons. The quantitative estimate of drug-likeness (QED) is 0.101. The zero-order chi connectivity index (χ0) is 34.6. The minimum Gasteiger partial charge on any atom is -0.394 e. The summed E-state index contributed by atoms with van der Waals surface area (Å²) in [4.78, 5) is 0. The summed E-state index contributed by atoms with van der Waals surface area (Å²) in [5, 5.41) is 42.0. The molecule has 5 saturated heterocycles. The average molecular weight is 780 g/mol. The minimum atomic E-state index is 0. The topological polar surface area (TPSA) is 144 Å². The zero-order valence-corrected chi connectivity index (χ0v) is 32.6. The molecule has 302 valence electrons. The summed E-state index contributed by atoms with van der Waals surface area (Å²) >= 11 is 0. The molecule has 16 atom stereocenters. The monoisotopic (exact) mass is 778 g/mol. The Kier molecular flexibility index (Phi) is 15.1. The van der Waals surface area contributed by atoms with Crippen molar-refractivity contribution < 1.29 is 36.4 Å². The molecule has 9 N–H and O–H groups in total. The molecular weight excluding hydrogens is 708 g/mol. The second-order valence-corrected chi connectivity index (χ2v) is 17.3. The number of hydrogen-bond acceptors (Lipinski definition) is 12. The molecule has 0 spiro atoms. The Balaban J connectivity index is 0.000000308. The van der Waals surface area contributed by atoms with Crippen molar-refractivity contribution in [1.29, 1.82) is 0 Å². The summed E-state index contributed by atoms with van der Waals surface area (Å²) in [5.41, 5.74) is 0. The van der Waals surface area contributed by atoms with Gasteiger partial charge in [-0.2, -0.15) is 6.42 Å². The van der Waals surface area contributed by atoms with Crippen LogP contribution in [0.1, 0.15) is 96.3 Å². The summed E-state index contributed by atoms with van der Waals surface area (Å²) in [6, 6.07) is 0. The summed E-state index contributed by atoms with van der Waals surface area (Å²) < 4.78 is 14.8. The first-order chi connectivity index (χ1) is 25.2. The number of ether oxygens (including phenoxy) is 3. The third-order valence-electron chi connectivity index (χ3n) is 14.6. The van der Waals surface area contributed by atoms with E-state index >= 15 is 0 Å². The van der Waals surface area contributed by atoms with Gasteiger partial charge < -0.3 is 25.7 Å². The van der Waals surface area contributed by atoms with Gasteiger partial charge in [0.25, 0.3) is 0 Å². The number of hydrogen-bond donors (Lipinski definition) is 9. The van der Waals surface area contributed by atoms with E-state index in [-0.39, 0.29) is 23.7 Å². The Morgan fingerprint density at radius 1 is 0.442 bits per heavy atom. The Hall–Kier alpha value is 0.0395. The Morgan fingerprint density at radius 2 is 0.769 bits per heavy atom. The van der Waals surface area contributed by atoms with Crippen LogP contribution in [0.3, 0.4) is 0 Å². The van der Waals surface area contributed by atoms with Gasteiger partial charge in [-0.25, -0.2) is 0 Å². The van der Waals surface area contributed by atoms with Gasteiger partial charge in [-0.15, -0.1) is 5.92 Å². The number of fused-ring (bicyclic) bond motifs is 20. The Bertz CT molecular complexity index is 869. The average Bonchev–Trinajstić information content (AvgIpc) is 3.91. The van der Waals surface area contributed by atoms with Crippen molar-refractivity contribution in [3.05, 3.63) is 6.42 Å². The van der Waals surface area contributed by atoms with E-state index in [9.17, 15) is 0 Å². The fourth-order valence-electron chi connectivity index (χ4n) is 12.3. The van der Waals surface area contributed by atoms with Gasteiger partial charge in [-0.3, -0.25) is 42.5 Å². The predicted molar refractivity (Wildman–Crippen MR) is 197 cm³/mol. The van der Waals surface area contributed by atoms with Crippen molar-refractivity contribution in [1.82, 2.24) is 42.5 Å². The van der Waals surface area contributed by atoms with Gasteiger partial charge in [0.05, 0.1) is 82.8 Å². The Labute approximate surface area is 324 Å². The molecule has 52 heavy (non-hydrogen) atoms. The van der Waals surface area contributed by atoms with Crippen molar-refractivity contribution >= 4 is 0 Å². The second kappa shape index (κ2) is 19.5. The molecule has 9 fully saturated rings. The van der Waals surface area contributed by atoms with E-state index in [0.717, 1.165) is 35.5 Å². The molecule has 4 saturated carbocycles. The van der Waals surface area contributed by atoms with Gasteiger partial charge in [0.15, 0.2) is 0 Å². The van der Waals surface area contributed by atoms with Crippen LogP contribution in [0.4, 0.5) is 0 Å². The van der Waals surface area contributed by atoms with Gasteiger partial charge in [-0.05, 0) is 80.0 Å².